The number of hydrogen-bond acceptors (Lipinski definition) is 2. The van der Waals surface area contributed by atoms with E-state index in [1.165, 1.54) is 0 Å². The van der Waals surface area contributed by atoms with Crippen LogP contribution in [0, 0.1) is 6.54 Å². The molecule has 0 unspecified atom stereocenters. The molecule has 1 aliphatic heterocycles. The van der Waals surface area contributed by atoms with E-state index in [-0.39, 0.29) is 5.91 Å². The van der Waals surface area contributed by atoms with Crippen LogP contribution >= 0.6 is 0 Å². The molecule has 0 atom stereocenters. The molecule has 0 N–H and O–H groups in total. The van der Waals surface area contributed by atoms with Gasteiger partial charge in [-0.15, -0.1) is 0 Å². The van der Waals surface area contributed by atoms with Gasteiger partial charge in [0.25, 0.3) is 5.91 Å². The van der Waals surface area contributed by atoms with Gasteiger partial charge in [0.2, 0.25) is 0 Å². The van der Waals surface area contributed by atoms with Gasteiger partial charge in [-0.1, -0.05) is 18.2 Å². The Hall–Kier alpha value is -1.84. The summed E-state index contributed by atoms with van der Waals surface area (Å²) in [4.78, 5) is 13.5. The van der Waals surface area contributed by atoms with E-state index in [1.807, 2.05) is 24.3 Å². The number of likely N-dealkylation sites (N-methyl/N-ethyl adjacent to an activating group) is 1. The molecule has 3 rings (SSSR count). The number of fused-ring (bicyclic) bond motifs is 3. The SMILES string of the molecule is CN1C[C]n2nc3ccccc3c2C1=O. The van der Waals surface area contributed by atoms with Crippen LogP contribution in [0.5, 0.6) is 0 Å². The maximum absolute atomic E-state index is 11.9. The Kier molecular flexibility index (Phi) is 1.59. The number of nitrogens with zero attached hydrogens (tertiary/aromatic N) is 3. The summed E-state index contributed by atoms with van der Waals surface area (Å²) in [6.45, 7) is 3.53. The monoisotopic (exact) mass is 199 g/mol. The fourth-order valence-electron chi connectivity index (χ4n) is 1.78. The van der Waals surface area contributed by atoms with Crippen LogP contribution in [0.4, 0.5) is 0 Å². The van der Waals surface area contributed by atoms with Gasteiger partial charge >= 0.3 is 0 Å². The molecule has 0 fully saturated rings. The Morgan fingerprint density at radius 2 is 2.20 bits per heavy atom. The molecule has 0 spiro atoms. The fraction of sp³-hybridized carbons (Fsp3) is 0.182. The van der Waals surface area contributed by atoms with Crippen molar-refractivity contribution in [2.45, 2.75) is 0 Å². The Morgan fingerprint density at radius 3 is 3.07 bits per heavy atom. The van der Waals surface area contributed by atoms with Gasteiger partial charge < -0.3 is 4.90 Å². The van der Waals surface area contributed by atoms with Gasteiger partial charge in [-0.2, -0.15) is 5.10 Å². The highest BCUT2D eigenvalue weighted by molar-refractivity contribution is 6.05. The zero-order valence-electron chi connectivity index (χ0n) is 8.27. The number of carbonyl (C=O) groups excluding carboxylic acids is 1. The first-order valence-corrected chi connectivity index (χ1v) is 4.74. The van der Waals surface area contributed by atoms with E-state index in [0.29, 0.717) is 12.2 Å². The quantitative estimate of drug-likeness (QED) is 0.635. The van der Waals surface area contributed by atoms with E-state index in [1.54, 1.807) is 16.6 Å². The molecule has 2 heterocycles. The van der Waals surface area contributed by atoms with Crippen molar-refractivity contribution in [2.24, 2.45) is 0 Å². The summed E-state index contributed by atoms with van der Waals surface area (Å²) >= 11 is 0. The lowest BCUT2D eigenvalue weighted by Crippen LogP contribution is -2.36. The predicted molar refractivity (Wildman–Crippen MR) is 55.3 cm³/mol. The minimum Gasteiger partial charge on any atom is -0.338 e. The van der Waals surface area contributed by atoms with E-state index in [4.69, 9.17) is 0 Å². The minimum absolute atomic E-state index is 0.00227. The van der Waals surface area contributed by atoms with Gasteiger partial charge in [0.1, 0.15) is 12.2 Å². The summed E-state index contributed by atoms with van der Waals surface area (Å²) in [5.74, 6) is 0.00227. The third-order valence-corrected chi connectivity index (χ3v) is 2.59. The van der Waals surface area contributed by atoms with Crippen LogP contribution in [0.1, 0.15) is 10.5 Å². The van der Waals surface area contributed by atoms with Gasteiger partial charge in [-0.05, 0) is 6.07 Å². The molecule has 0 saturated carbocycles. The fourth-order valence-corrected chi connectivity index (χ4v) is 1.78. The van der Waals surface area contributed by atoms with E-state index in [0.717, 1.165) is 10.9 Å². The molecule has 4 nitrogen and oxygen atoms in total. The minimum atomic E-state index is 0.00227. The molecule has 0 aliphatic carbocycles. The van der Waals surface area contributed by atoms with Crippen molar-refractivity contribution in [3.8, 4) is 0 Å². The highest BCUT2D eigenvalue weighted by Gasteiger charge is 2.26. The average molecular weight is 199 g/mol. The molecular weight excluding hydrogens is 190 g/mol. The molecule has 2 aromatic rings. The Bertz CT molecular complexity index is 544. The van der Waals surface area contributed by atoms with E-state index in [9.17, 15) is 4.79 Å². The van der Waals surface area contributed by atoms with Crippen LogP contribution < -0.4 is 0 Å². The van der Waals surface area contributed by atoms with Crippen molar-refractivity contribution < 1.29 is 4.79 Å². The molecular formula is C11H9N3O. The lowest BCUT2D eigenvalue weighted by molar-refractivity contribution is 0.0775. The van der Waals surface area contributed by atoms with Crippen molar-refractivity contribution in [3.63, 3.8) is 0 Å². The lowest BCUT2D eigenvalue weighted by Gasteiger charge is -2.22. The third kappa shape index (κ3) is 1.08. The summed E-state index contributed by atoms with van der Waals surface area (Å²) in [7, 11) is 1.76. The molecule has 0 saturated heterocycles. The number of benzene rings is 1. The van der Waals surface area contributed by atoms with E-state index < -0.39 is 0 Å². The van der Waals surface area contributed by atoms with Gasteiger partial charge in [0.05, 0.1) is 12.1 Å². The van der Waals surface area contributed by atoms with Crippen LogP contribution in [0.15, 0.2) is 24.3 Å². The highest BCUT2D eigenvalue weighted by atomic mass is 16.2. The number of aromatic nitrogens is 2. The first-order chi connectivity index (χ1) is 7.27. The second-order valence-electron chi connectivity index (χ2n) is 3.60. The van der Waals surface area contributed by atoms with Crippen LogP contribution in [0.2, 0.25) is 0 Å². The van der Waals surface area contributed by atoms with Crippen LogP contribution in [-0.2, 0) is 0 Å². The molecule has 15 heavy (non-hydrogen) atoms. The van der Waals surface area contributed by atoms with Crippen molar-refractivity contribution in [2.75, 3.05) is 13.6 Å². The van der Waals surface area contributed by atoms with Crippen LogP contribution in [0.25, 0.3) is 10.9 Å². The molecule has 0 bridgehead atoms. The summed E-state index contributed by atoms with van der Waals surface area (Å²) < 4.78 is 1.56. The van der Waals surface area contributed by atoms with Crippen LogP contribution in [-0.4, -0.2) is 34.2 Å². The maximum Gasteiger partial charge on any atom is 0.272 e. The number of carbonyl (C=O) groups is 1. The second-order valence-corrected chi connectivity index (χ2v) is 3.60. The van der Waals surface area contributed by atoms with Crippen LogP contribution in [0.3, 0.4) is 0 Å². The van der Waals surface area contributed by atoms with Crippen molar-refractivity contribution in [1.82, 2.24) is 14.7 Å². The normalized spacial score (nSPS) is 15.8. The van der Waals surface area contributed by atoms with E-state index >= 15 is 0 Å². The summed E-state index contributed by atoms with van der Waals surface area (Å²) in [5, 5.41) is 5.19. The average Bonchev–Trinajstić information content (AvgIpc) is 2.62. The topological polar surface area (TPSA) is 38.1 Å². The number of amides is 1. The van der Waals surface area contributed by atoms with E-state index in [2.05, 4.69) is 11.6 Å². The zero-order valence-corrected chi connectivity index (χ0v) is 8.27. The van der Waals surface area contributed by atoms with Gasteiger partial charge in [-0.25, -0.2) is 4.68 Å². The standard InChI is InChI=1S/C11H9N3O/c1-13-6-7-14-10(11(13)15)8-4-2-3-5-9(8)12-14/h2-5H,6H2,1H3. The first kappa shape index (κ1) is 8.47. The summed E-state index contributed by atoms with van der Waals surface area (Å²) in [6.07, 6.45) is 0. The van der Waals surface area contributed by atoms with Crippen molar-refractivity contribution in [3.05, 3.63) is 36.5 Å². The number of rotatable bonds is 0. The predicted octanol–water partition coefficient (Wildman–Crippen LogP) is 1.01. The Balaban J connectivity index is 2.34. The molecule has 74 valence electrons. The van der Waals surface area contributed by atoms with Crippen molar-refractivity contribution >= 4 is 16.8 Å². The number of hydrogen-bond donors (Lipinski definition) is 0. The highest BCUT2D eigenvalue weighted by Crippen LogP contribution is 2.22. The molecule has 1 amide bonds. The largest absolute Gasteiger partial charge is 0.338 e. The first-order valence-electron chi connectivity index (χ1n) is 4.74. The van der Waals surface area contributed by atoms with Gasteiger partial charge in [0.15, 0.2) is 0 Å². The third-order valence-electron chi connectivity index (χ3n) is 2.59. The van der Waals surface area contributed by atoms with Crippen molar-refractivity contribution in [1.29, 1.82) is 0 Å². The molecule has 1 aromatic carbocycles. The molecule has 1 aliphatic rings. The maximum atomic E-state index is 11.9. The zero-order chi connectivity index (χ0) is 10.4. The molecule has 2 radical (unpaired) electrons. The second kappa shape index (κ2) is 2.82. The Labute approximate surface area is 87.1 Å². The van der Waals surface area contributed by atoms with Gasteiger partial charge in [0, 0.05) is 12.4 Å². The smallest absolute Gasteiger partial charge is 0.272 e. The molecule has 4 heteroatoms. The summed E-state index contributed by atoms with van der Waals surface area (Å²) in [6, 6.07) is 7.63. The van der Waals surface area contributed by atoms with Gasteiger partial charge in [-0.3, -0.25) is 4.79 Å². The Morgan fingerprint density at radius 1 is 1.40 bits per heavy atom. The lowest BCUT2D eigenvalue weighted by atomic mass is 10.2. The summed E-state index contributed by atoms with van der Waals surface area (Å²) in [5.41, 5.74) is 1.45. The molecule has 1 aromatic heterocycles.